The molecule has 0 aliphatic carbocycles. The van der Waals surface area contributed by atoms with Crippen molar-refractivity contribution in [1.82, 2.24) is 10.2 Å². The van der Waals surface area contributed by atoms with E-state index in [0.717, 1.165) is 38.9 Å². The van der Waals surface area contributed by atoms with Gasteiger partial charge in [-0.2, -0.15) is 0 Å². The molecule has 8 rings (SSSR count). The SMILES string of the molecule is CC[C@@H](c1ccccc1)N1Cc2cc3c(cc2C[C@H]1C(=O)N[C@@H](Cc1ccc(-c2ccc(Cl)cc2)cc1)C(=O)O)N(C)C(=O)[C@@H](c1ccc(OCc2ccc(Cl)c(Cl)c2)cc1)O3. The predicted octanol–water partition coefficient (Wildman–Crippen LogP) is 10.7. The normalized spacial score (nSPS) is 17.0. The van der Waals surface area contributed by atoms with Crippen molar-refractivity contribution in [3.8, 4) is 22.6 Å². The first-order valence-electron chi connectivity index (χ1n) is 20.4. The van der Waals surface area contributed by atoms with Crippen LogP contribution in [0.5, 0.6) is 11.5 Å². The number of carbonyl (C=O) groups is 3. The Balaban J connectivity index is 1.02. The highest BCUT2D eigenvalue weighted by atomic mass is 35.5. The minimum absolute atomic E-state index is 0.106. The monoisotopic (exact) mass is 887 g/mol. The van der Waals surface area contributed by atoms with Crippen molar-refractivity contribution < 1.29 is 29.0 Å². The number of fused-ring (bicyclic) bond motifs is 2. The summed E-state index contributed by atoms with van der Waals surface area (Å²) in [5.74, 6) is -0.566. The number of amides is 2. The summed E-state index contributed by atoms with van der Waals surface area (Å²) in [5.41, 5.74) is 7.78. The molecule has 12 heteroatoms. The van der Waals surface area contributed by atoms with Crippen LogP contribution in [0.4, 0.5) is 5.69 Å². The van der Waals surface area contributed by atoms with E-state index in [1.807, 2.05) is 97.1 Å². The molecule has 2 heterocycles. The molecule has 0 aromatic heterocycles. The van der Waals surface area contributed by atoms with Crippen LogP contribution in [0.25, 0.3) is 11.1 Å². The van der Waals surface area contributed by atoms with Crippen LogP contribution in [0.1, 0.15) is 58.9 Å². The highest BCUT2D eigenvalue weighted by Crippen LogP contribution is 2.43. The van der Waals surface area contributed by atoms with Gasteiger partial charge in [-0.15, -0.1) is 0 Å². The first-order chi connectivity index (χ1) is 29.9. The Kier molecular flexibility index (Phi) is 12.9. The molecule has 0 fully saturated rings. The van der Waals surface area contributed by atoms with Gasteiger partial charge in [0.2, 0.25) is 12.0 Å². The number of likely N-dealkylation sites (N-methyl/N-ethyl adjacent to an activating group) is 1. The van der Waals surface area contributed by atoms with Crippen molar-refractivity contribution in [1.29, 1.82) is 0 Å². The number of anilines is 1. The second-order valence-electron chi connectivity index (χ2n) is 15.6. The summed E-state index contributed by atoms with van der Waals surface area (Å²) in [6, 6.07) is 39.7. The fourth-order valence-electron chi connectivity index (χ4n) is 8.28. The molecular formula is C50H44Cl3N3O6. The number of carboxylic acid groups (broad SMARTS) is 1. The summed E-state index contributed by atoms with van der Waals surface area (Å²) in [6.45, 7) is 2.77. The van der Waals surface area contributed by atoms with Gasteiger partial charge in [-0.05, 0) is 100 Å². The van der Waals surface area contributed by atoms with E-state index in [1.165, 1.54) is 0 Å². The highest BCUT2D eigenvalue weighted by molar-refractivity contribution is 6.42. The molecule has 316 valence electrons. The number of nitrogens with zero attached hydrogens (tertiary/aromatic N) is 2. The van der Waals surface area contributed by atoms with Gasteiger partial charge >= 0.3 is 5.97 Å². The van der Waals surface area contributed by atoms with Crippen molar-refractivity contribution in [3.63, 3.8) is 0 Å². The lowest BCUT2D eigenvalue weighted by Crippen LogP contribution is -2.55. The Bertz CT molecular complexity index is 2590. The van der Waals surface area contributed by atoms with Crippen LogP contribution in [-0.2, 0) is 40.4 Å². The largest absolute Gasteiger partial charge is 0.489 e. The van der Waals surface area contributed by atoms with Gasteiger partial charge in [0.1, 0.15) is 24.1 Å². The quantitative estimate of drug-likeness (QED) is 0.119. The average molecular weight is 889 g/mol. The second kappa shape index (κ2) is 18.6. The number of rotatable bonds is 13. The van der Waals surface area contributed by atoms with Crippen molar-refractivity contribution >= 4 is 58.3 Å². The van der Waals surface area contributed by atoms with E-state index in [4.69, 9.17) is 44.3 Å². The van der Waals surface area contributed by atoms with Crippen LogP contribution >= 0.6 is 34.8 Å². The summed E-state index contributed by atoms with van der Waals surface area (Å²) in [5, 5.41) is 14.9. The number of nitrogens with one attached hydrogen (secondary N) is 1. The lowest BCUT2D eigenvalue weighted by Gasteiger charge is -2.42. The number of carboxylic acids is 1. The zero-order valence-electron chi connectivity index (χ0n) is 34.1. The Morgan fingerprint density at radius 2 is 1.50 bits per heavy atom. The number of ether oxygens (including phenoxy) is 2. The molecule has 0 radical (unpaired) electrons. The zero-order valence-corrected chi connectivity index (χ0v) is 36.3. The molecule has 0 spiro atoms. The molecule has 4 atom stereocenters. The fraction of sp³-hybridized carbons (Fsp3) is 0.220. The molecule has 0 unspecified atom stereocenters. The lowest BCUT2D eigenvalue weighted by molar-refractivity contribution is -0.143. The van der Waals surface area contributed by atoms with Crippen molar-refractivity contribution in [2.24, 2.45) is 0 Å². The predicted molar refractivity (Wildman–Crippen MR) is 243 cm³/mol. The number of hydrogen-bond acceptors (Lipinski definition) is 6. The summed E-state index contributed by atoms with van der Waals surface area (Å²) >= 11 is 18.3. The van der Waals surface area contributed by atoms with Crippen LogP contribution < -0.4 is 19.7 Å². The molecule has 2 aliphatic heterocycles. The van der Waals surface area contributed by atoms with E-state index in [2.05, 4.69) is 29.3 Å². The van der Waals surface area contributed by atoms with E-state index >= 15 is 0 Å². The van der Waals surface area contributed by atoms with E-state index in [-0.39, 0.29) is 24.3 Å². The van der Waals surface area contributed by atoms with Crippen molar-refractivity contribution in [2.45, 2.75) is 63.6 Å². The summed E-state index contributed by atoms with van der Waals surface area (Å²) in [4.78, 5) is 44.8. The van der Waals surface area contributed by atoms with Crippen LogP contribution in [0.2, 0.25) is 15.1 Å². The molecule has 9 nitrogen and oxygen atoms in total. The molecule has 2 N–H and O–H groups in total. The number of halogens is 3. The lowest BCUT2D eigenvalue weighted by atomic mass is 9.88. The third kappa shape index (κ3) is 9.32. The van der Waals surface area contributed by atoms with Crippen LogP contribution in [-0.4, -0.2) is 46.9 Å². The van der Waals surface area contributed by atoms with Gasteiger partial charge in [-0.25, -0.2) is 4.79 Å². The Labute approximate surface area is 375 Å². The third-order valence-electron chi connectivity index (χ3n) is 11.6. The van der Waals surface area contributed by atoms with E-state index in [0.29, 0.717) is 63.8 Å². The summed E-state index contributed by atoms with van der Waals surface area (Å²) in [6.07, 6.45) is 0.227. The molecule has 6 aromatic rings. The van der Waals surface area contributed by atoms with Crippen molar-refractivity contribution in [2.75, 3.05) is 11.9 Å². The van der Waals surface area contributed by atoms with Gasteiger partial charge in [0.25, 0.3) is 5.91 Å². The first kappa shape index (κ1) is 42.8. The Morgan fingerprint density at radius 1 is 0.823 bits per heavy atom. The van der Waals surface area contributed by atoms with Gasteiger partial charge in [-0.3, -0.25) is 14.5 Å². The molecule has 2 amide bonds. The molecule has 62 heavy (non-hydrogen) atoms. The topological polar surface area (TPSA) is 108 Å². The van der Waals surface area contributed by atoms with Gasteiger partial charge in [-0.1, -0.05) is 127 Å². The maximum Gasteiger partial charge on any atom is 0.326 e. The number of carbonyl (C=O) groups excluding carboxylic acids is 2. The van der Waals surface area contributed by atoms with E-state index < -0.39 is 24.2 Å². The van der Waals surface area contributed by atoms with Gasteiger partial charge in [0.15, 0.2) is 0 Å². The fourth-order valence-corrected chi connectivity index (χ4v) is 8.73. The maximum atomic E-state index is 14.5. The van der Waals surface area contributed by atoms with Crippen molar-refractivity contribution in [3.05, 3.63) is 182 Å². The standard InChI is InChI=1S/C50H44Cl3N3O6/c1-3-43(34-7-5-4-6-8-34)56-28-37-27-46-44(55(2)49(58)47(62-46)35-16-20-39(21-17-35)61-29-31-11-22-40(52)41(53)23-31)25-36(37)26-45(56)48(57)54-42(50(59)60)24-30-9-12-32(13-10-30)33-14-18-38(51)19-15-33/h4-23,25,27,42-43,45,47H,3,24,26,28-29H2,1-2H3,(H,54,57)(H,59,60)/t42-,43-,45-,47+/m0/s1. The molecule has 0 saturated heterocycles. The molecular weight excluding hydrogens is 845 g/mol. The second-order valence-corrected chi connectivity index (χ2v) is 16.9. The highest BCUT2D eigenvalue weighted by Gasteiger charge is 2.40. The number of benzene rings is 6. The first-order valence-corrected chi connectivity index (χ1v) is 21.5. The molecule has 0 saturated carbocycles. The van der Waals surface area contributed by atoms with Crippen LogP contribution in [0.3, 0.4) is 0 Å². The minimum atomic E-state index is -1.16. The molecule has 2 aliphatic rings. The van der Waals surface area contributed by atoms with E-state index in [1.54, 1.807) is 36.2 Å². The van der Waals surface area contributed by atoms with E-state index in [9.17, 15) is 19.5 Å². The van der Waals surface area contributed by atoms with Gasteiger partial charge < -0.3 is 24.8 Å². The summed E-state index contributed by atoms with van der Waals surface area (Å²) < 4.78 is 12.5. The maximum absolute atomic E-state index is 14.5. The van der Waals surface area contributed by atoms with Gasteiger partial charge in [0.05, 0.1) is 21.8 Å². The van der Waals surface area contributed by atoms with Crippen LogP contribution in [0.15, 0.2) is 133 Å². The minimum Gasteiger partial charge on any atom is -0.489 e. The average Bonchev–Trinajstić information content (AvgIpc) is 3.28. The number of aliphatic carboxylic acids is 1. The smallest absolute Gasteiger partial charge is 0.326 e. The van der Waals surface area contributed by atoms with Gasteiger partial charge in [0, 0.05) is 36.6 Å². The summed E-state index contributed by atoms with van der Waals surface area (Å²) in [7, 11) is 1.72. The number of hydrogen-bond donors (Lipinski definition) is 2. The van der Waals surface area contributed by atoms with Crippen LogP contribution in [0, 0.1) is 0 Å². The Hall–Kier alpha value is -5.84. The third-order valence-corrected chi connectivity index (χ3v) is 12.6. The zero-order chi connectivity index (χ0) is 43.5. The molecule has 6 aromatic carbocycles. The Morgan fingerprint density at radius 3 is 2.16 bits per heavy atom. The molecule has 0 bridgehead atoms.